The van der Waals surface area contributed by atoms with E-state index in [2.05, 4.69) is 10.6 Å². The molecule has 1 aliphatic heterocycles. The van der Waals surface area contributed by atoms with Gasteiger partial charge in [-0.3, -0.25) is 9.69 Å². The number of carbonyl (C=O) groups is 2. The molecule has 1 atom stereocenters. The number of nitrogens with zero attached hydrogens (tertiary/aromatic N) is 2. The minimum atomic E-state index is -0.567. The Morgan fingerprint density at radius 1 is 1.50 bits per heavy atom. The van der Waals surface area contributed by atoms with E-state index in [4.69, 9.17) is 0 Å². The molecule has 0 aliphatic carbocycles. The Hall–Kier alpha value is -2.15. The topological polar surface area (TPSA) is 64.7 Å². The molecule has 0 radical (unpaired) electrons. The van der Waals surface area contributed by atoms with Gasteiger partial charge < -0.3 is 15.5 Å². The minimum Gasteiger partial charge on any atom is -0.353 e. The first-order chi connectivity index (χ1) is 10.5. The lowest BCUT2D eigenvalue weighted by Crippen LogP contribution is -2.41. The van der Waals surface area contributed by atoms with Crippen LogP contribution in [0.3, 0.4) is 0 Å². The molecule has 0 aromatic heterocycles. The third-order valence-electron chi connectivity index (χ3n) is 3.56. The average molecular weight is 308 g/mol. The molecule has 1 aromatic rings. The van der Waals surface area contributed by atoms with E-state index >= 15 is 0 Å². The molecule has 3 amide bonds. The van der Waals surface area contributed by atoms with Crippen molar-refractivity contribution in [2.75, 3.05) is 40.3 Å². The maximum Gasteiger partial charge on any atom is 0.317 e. The number of halogens is 1. The quantitative estimate of drug-likeness (QED) is 0.807. The van der Waals surface area contributed by atoms with Gasteiger partial charge in [-0.2, -0.15) is 0 Å². The van der Waals surface area contributed by atoms with E-state index in [0.717, 1.165) is 0 Å². The second-order valence-electron chi connectivity index (χ2n) is 5.43. The van der Waals surface area contributed by atoms with Gasteiger partial charge in [-0.05, 0) is 31.8 Å². The normalized spacial score (nSPS) is 15.8. The van der Waals surface area contributed by atoms with Crippen molar-refractivity contribution < 1.29 is 14.0 Å². The van der Waals surface area contributed by atoms with Crippen molar-refractivity contribution in [3.8, 4) is 0 Å². The van der Waals surface area contributed by atoms with Crippen molar-refractivity contribution in [2.45, 2.75) is 6.04 Å². The fourth-order valence-electron chi connectivity index (χ4n) is 2.50. The molecule has 1 aromatic carbocycles. The molecular formula is C15H21FN4O2. The second-order valence-corrected chi connectivity index (χ2v) is 5.43. The van der Waals surface area contributed by atoms with Crippen LogP contribution in [0.15, 0.2) is 24.3 Å². The summed E-state index contributed by atoms with van der Waals surface area (Å²) < 4.78 is 13.4. The molecule has 120 valence electrons. The number of hydrogen-bond acceptors (Lipinski definition) is 3. The fourth-order valence-corrected chi connectivity index (χ4v) is 2.50. The average Bonchev–Trinajstić information content (AvgIpc) is 2.84. The predicted molar refractivity (Wildman–Crippen MR) is 80.8 cm³/mol. The molecule has 0 bridgehead atoms. The van der Waals surface area contributed by atoms with Gasteiger partial charge in [0.15, 0.2) is 0 Å². The van der Waals surface area contributed by atoms with Crippen LogP contribution in [0.1, 0.15) is 11.6 Å². The smallest absolute Gasteiger partial charge is 0.317 e. The Labute approximate surface area is 129 Å². The summed E-state index contributed by atoms with van der Waals surface area (Å²) in [5.41, 5.74) is 0.599. The van der Waals surface area contributed by atoms with Crippen LogP contribution in [0.4, 0.5) is 9.18 Å². The number of rotatable bonds is 6. The molecule has 2 rings (SSSR count). The number of hydrogen-bond donors (Lipinski definition) is 2. The highest BCUT2D eigenvalue weighted by atomic mass is 19.1. The molecule has 7 heteroatoms. The van der Waals surface area contributed by atoms with Crippen LogP contribution in [0.25, 0.3) is 0 Å². The van der Waals surface area contributed by atoms with Crippen LogP contribution in [-0.2, 0) is 4.79 Å². The summed E-state index contributed by atoms with van der Waals surface area (Å²) in [6, 6.07) is 5.34. The van der Waals surface area contributed by atoms with E-state index in [1.807, 2.05) is 0 Å². The summed E-state index contributed by atoms with van der Waals surface area (Å²) in [6.45, 7) is 2.11. The van der Waals surface area contributed by atoms with E-state index < -0.39 is 6.04 Å². The van der Waals surface area contributed by atoms with Gasteiger partial charge in [-0.15, -0.1) is 0 Å². The van der Waals surface area contributed by atoms with Gasteiger partial charge >= 0.3 is 6.03 Å². The van der Waals surface area contributed by atoms with Crippen LogP contribution >= 0.6 is 0 Å². The highest BCUT2D eigenvalue weighted by Gasteiger charge is 2.24. The van der Waals surface area contributed by atoms with E-state index in [1.165, 1.54) is 12.1 Å². The lowest BCUT2D eigenvalue weighted by atomic mass is 10.1. The van der Waals surface area contributed by atoms with Crippen molar-refractivity contribution in [2.24, 2.45) is 0 Å². The van der Waals surface area contributed by atoms with E-state index in [0.29, 0.717) is 31.7 Å². The Kier molecular flexibility index (Phi) is 5.32. The van der Waals surface area contributed by atoms with Crippen molar-refractivity contribution in [1.82, 2.24) is 20.4 Å². The molecule has 22 heavy (non-hydrogen) atoms. The summed E-state index contributed by atoms with van der Waals surface area (Å²) in [7, 11) is 3.53. The standard InChI is InChI=1S/C15H21FN4O2/c1-19(2)13(11-4-3-5-12(16)10-11)14(21)17-6-8-20-9-7-18-15(20)22/h3-5,10,13H,6-9H2,1-2H3,(H,17,21)(H,18,22)/t13-/m1/s1. The SMILES string of the molecule is CN(C)[C@@H](C(=O)NCCN1CCNC1=O)c1cccc(F)c1. The number of amides is 3. The van der Waals surface area contributed by atoms with Gasteiger partial charge in [0, 0.05) is 26.2 Å². The van der Waals surface area contributed by atoms with Gasteiger partial charge in [0.2, 0.25) is 5.91 Å². The number of urea groups is 1. The van der Waals surface area contributed by atoms with E-state index in [9.17, 15) is 14.0 Å². The molecule has 0 unspecified atom stereocenters. The number of carbonyl (C=O) groups excluding carboxylic acids is 2. The molecule has 1 fully saturated rings. The van der Waals surface area contributed by atoms with Crippen LogP contribution in [0, 0.1) is 5.82 Å². The second kappa shape index (κ2) is 7.22. The third-order valence-corrected chi connectivity index (χ3v) is 3.56. The van der Waals surface area contributed by atoms with Gasteiger partial charge in [0.1, 0.15) is 11.9 Å². The van der Waals surface area contributed by atoms with Crippen LogP contribution in [-0.4, -0.2) is 62.0 Å². The first kappa shape index (κ1) is 16.2. The molecule has 0 saturated carbocycles. The molecule has 1 heterocycles. The van der Waals surface area contributed by atoms with Gasteiger partial charge in [0.05, 0.1) is 0 Å². The highest BCUT2D eigenvalue weighted by molar-refractivity contribution is 5.83. The Morgan fingerprint density at radius 2 is 2.27 bits per heavy atom. The molecule has 6 nitrogen and oxygen atoms in total. The van der Waals surface area contributed by atoms with E-state index in [1.54, 1.807) is 36.0 Å². The monoisotopic (exact) mass is 308 g/mol. The van der Waals surface area contributed by atoms with Crippen molar-refractivity contribution in [3.63, 3.8) is 0 Å². The molecule has 2 N–H and O–H groups in total. The maximum atomic E-state index is 13.4. The predicted octanol–water partition coefficient (Wildman–Crippen LogP) is 0.570. The van der Waals surface area contributed by atoms with Crippen LogP contribution in [0.5, 0.6) is 0 Å². The Balaban J connectivity index is 1.94. The number of likely N-dealkylation sites (N-methyl/N-ethyl adjacent to an activating group) is 1. The molecular weight excluding hydrogens is 287 g/mol. The summed E-state index contributed by atoms with van der Waals surface area (Å²) in [6.07, 6.45) is 0. The molecule has 1 saturated heterocycles. The van der Waals surface area contributed by atoms with Crippen molar-refractivity contribution in [3.05, 3.63) is 35.6 Å². The summed E-state index contributed by atoms with van der Waals surface area (Å²) in [4.78, 5) is 27.1. The van der Waals surface area contributed by atoms with Gasteiger partial charge in [0.25, 0.3) is 0 Å². The zero-order valence-electron chi connectivity index (χ0n) is 12.8. The Bertz CT molecular complexity index is 550. The zero-order valence-corrected chi connectivity index (χ0v) is 12.8. The fraction of sp³-hybridized carbons (Fsp3) is 0.467. The molecule has 0 spiro atoms. The number of benzene rings is 1. The number of nitrogens with one attached hydrogen (secondary N) is 2. The lowest BCUT2D eigenvalue weighted by Gasteiger charge is -2.24. The minimum absolute atomic E-state index is 0.108. The van der Waals surface area contributed by atoms with Gasteiger partial charge in [-0.25, -0.2) is 9.18 Å². The lowest BCUT2D eigenvalue weighted by molar-refractivity contribution is -0.125. The van der Waals surface area contributed by atoms with Crippen LogP contribution < -0.4 is 10.6 Å². The summed E-state index contributed by atoms with van der Waals surface area (Å²) in [5.74, 6) is -0.582. The maximum absolute atomic E-state index is 13.4. The van der Waals surface area contributed by atoms with Crippen molar-refractivity contribution >= 4 is 11.9 Å². The zero-order chi connectivity index (χ0) is 16.1. The van der Waals surface area contributed by atoms with Crippen molar-refractivity contribution in [1.29, 1.82) is 0 Å². The van der Waals surface area contributed by atoms with Gasteiger partial charge in [-0.1, -0.05) is 12.1 Å². The van der Waals surface area contributed by atoms with E-state index in [-0.39, 0.29) is 17.8 Å². The summed E-state index contributed by atoms with van der Waals surface area (Å²) in [5, 5.41) is 5.51. The van der Waals surface area contributed by atoms with Crippen LogP contribution in [0.2, 0.25) is 0 Å². The highest BCUT2D eigenvalue weighted by Crippen LogP contribution is 2.19. The largest absolute Gasteiger partial charge is 0.353 e. The first-order valence-corrected chi connectivity index (χ1v) is 7.21. The first-order valence-electron chi connectivity index (χ1n) is 7.21. The summed E-state index contributed by atoms with van der Waals surface area (Å²) >= 11 is 0. The Morgan fingerprint density at radius 3 is 2.86 bits per heavy atom. The molecule has 1 aliphatic rings. The third kappa shape index (κ3) is 3.94.